The maximum absolute atomic E-state index is 11.3. The van der Waals surface area contributed by atoms with Crippen LogP contribution >= 0.6 is 0 Å². The third kappa shape index (κ3) is 3.55. The number of carboxylic acid groups (broad SMARTS) is 1. The van der Waals surface area contributed by atoms with Gasteiger partial charge in [0.15, 0.2) is 0 Å². The van der Waals surface area contributed by atoms with Gasteiger partial charge < -0.3 is 10.8 Å². The molecule has 0 aromatic heterocycles. The van der Waals surface area contributed by atoms with Gasteiger partial charge in [-0.1, -0.05) is 30.7 Å². The van der Waals surface area contributed by atoms with Gasteiger partial charge in [-0.25, -0.2) is 0 Å². The van der Waals surface area contributed by atoms with E-state index < -0.39 is 11.9 Å². The summed E-state index contributed by atoms with van der Waals surface area (Å²) in [5.74, 6) is -1.44. The van der Waals surface area contributed by atoms with Crippen molar-refractivity contribution >= 4 is 5.97 Å². The molecule has 0 bridgehead atoms. The van der Waals surface area contributed by atoms with Crippen LogP contribution < -0.4 is 5.73 Å². The number of nitrogens with two attached hydrogens (primary N) is 1. The molecule has 0 amide bonds. The zero-order valence-corrected chi connectivity index (χ0v) is 11.2. The SMILES string of the molecule is NCC(C(=O)O)c1ccccc1CN1CCCCC1. The quantitative estimate of drug-likeness (QED) is 0.849. The maximum atomic E-state index is 11.3. The van der Waals surface area contributed by atoms with Gasteiger partial charge in [0.2, 0.25) is 0 Å². The molecule has 1 fully saturated rings. The number of hydrogen-bond acceptors (Lipinski definition) is 3. The number of rotatable bonds is 5. The largest absolute Gasteiger partial charge is 0.481 e. The maximum Gasteiger partial charge on any atom is 0.312 e. The molecule has 1 aromatic rings. The van der Waals surface area contributed by atoms with Crippen molar-refractivity contribution in [2.24, 2.45) is 5.73 Å². The molecule has 0 radical (unpaired) electrons. The number of nitrogens with zero attached hydrogens (tertiary/aromatic N) is 1. The van der Waals surface area contributed by atoms with E-state index in [1.165, 1.54) is 19.3 Å². The van der Waals surface area contributed by atoms with Crippen molar-refractivity contribution in [1.29, 1.82) is 0 Å². The number of aliphatic carboxylic acids is 1. The standard InChI is InChI=1S/C15H22N2O2/c16-10-14(15(18)19)13-7-3-2-6-12(13)11-17-8-4-1-5-9-17/h2-3,6-7,14H,1,4-5,8-11,16H2,(H,18,19). The Balaban J connectivity index is 2.17. The Bertz CT molecular complexity index is 428. The van der Waals surface area contributed by atoms with Crippen LogP contribution in [0.5, 0.6) is 0 Å². The van der Waals surface area contributed by atoms with Crippen LogP contribution in [0.3, 0.4) is 0 Å². The lowest BCUT2D eigenvalue weighted by molar-refractivity contribution is -0.138. The van der Waals surface area contributed by atoms with Gasteiger partial charge in [-0.15, -0.1) is 0 Å². The molecule has 0 saturated carbocycles. The van der Waals surface area contributed by atoms with Crippen molar-refractivity contribution in [3.05, 3.63) is 35.4 Å². The van der Waals surface area contributed by atoms with Crippen LogP contribution in [0.25, 0.3) is 0 Å². The second-order valence-electron chi connectivity index (χ2n) is 5.16. The molecule has 1 atom stereocenters. The lowest BCUT2D eigenvalue weighted by Crippen LogP contribution is -2.30. The average molecular weight is 262 g/mol. The molecule has 104 valence electrons. The van der Waals surface area contributed by atoms with E-state index in [0.717, 1.165) is 30.8 Å². The summed E-state index contributed by atoms with van der Waals surface area (Å²) in [7, 11) is 0. The second-order valence-corrected chi connectivity index (χ2v) is 5.16. The Morgan fingerprint density at radius 2 is 1.95 bits per heavy atom. The number of carboxylic acids is 1. The second kappa shape index (κ2) is 6.68. The summed E-state index contributed by atoms with van der Waals surface area (Å²) in [6.07, 6.45) is 3.78. The van der Waals surface area contributed by atoms with Gasteiger partial charge in [-0.05, 0) is 37.1 Å². The smallest absolute Gasteiger partial charge is 0.312 e. The molecule has 0 spiro atoms. The Kier molecular flexibility index (Phi) is 4.93. The summed E-state index contributed by atoms with van der Waals surface area (Å²) in [5, 5.41) is 9.26. The minimum absolute atomic E-state index is 0.145. The summed E-state index contributed by atoms with van der Waals surface area (Å²) in [6.45, 7) is 3.19. The molecule has 1 aliphatic rings. The minimum atomic E-state index is -0.839. The molecule has 3 N–H and O–H groups in total. The summed E-state index contributed by atoms with van der Waals surface area (Å²) < 4.78 is 0. The van der Waals surface area contributed by atoms with E-state index in [9.17, 15) is 9.90 Å². The van der Waals surface area contributed by atoms with E-state index in [1.54, 1.807) is 0 Å². The predicted molar refractivity (Wildman–Crippen MR) is 75.0 cm³/mol. The van der Waals surface area contributed by atoms with E-state index in [1.807, 2.05) is 24.3 Å². The normalized spacial score (nSPS) is 18.2. The topological polar surface area (TPSA) is 66.6 Å². The lowest BCUT2D eigenvalue weighted by Gasteiger charge is -2.28. The van der Waals surface area contributed by atoms with Crippen LogP contribution in [-0.2, 0) is 11.3 Å². The first-order chi connectivity index (χ1) is 9.22. The number of hydrogen-bond donors (Lipinski definition) is 2. The Labute approximate surface area is 114 Å². The van der Waals surface area contributed by atoms with Crippen LogP contribution in [0.15, 0.2) is 24.3 Å². The highest BCUT2D eigenvalue weighted by atomic mass is 16.4. The Morgan fingerprint density at radius 3 is 2.58 bits per heavy atom. The highest BCUT2D eigenvalue weighted by Gasteiger charge is 2.22. The molecule has 1 saturated heterocycles. The highest BCUT2D eigenvalue weighted by molar-refractivity contribution is 5.77. The van der Waals surface area contributed by atoms with E-state index in [2.05, 4.69) is 4.90 Å². The molecule has 4 nitrogen and oxygen atoms in total. The van der Waals surface area contributed by atoms with Crippen LogP contribution in [-0.4, -0.2) is 35.6 Å². The zero-order chi connectivity index (χ0) is 13.7. The first kappa shape index (κ1) is 14.0. The van der Waals surface area contributed by atoms with Crippen LogP contribution in [0.4, 0.5) is 0 Å². The molecule has 2 rings (SSSR count). The Hall–Kier alpha value is -1.39. The van der Waals surface area contributed by atoms with Gasteiger partial charge in [0, 0.05) is 13.1 Å². The van der Waals surface area contributed by atoms with Crippen molar-refractivity contribution in [3.8, 4) is 0 Å². The molecule has 1 heterocycles. The number of piperidine rings is 1. The first-order valence-electron chi connectivity index (χ1n) is 6.95. The molecule has 19 heavy (non-hydrogen) atoms. The van der Waals surface area contributed by atoms with E-state index in [0.29, 0.717) is 0 Å². The highest BCUT2D eigenvalue weighted by Crippen LogP contribution is 2.22. The van der Waals surface area contributed by atoms with Crippen LogP contribution in [0.1, 0.15) is 36.3 Å². The van der Waals surface area contributed by atoms with Gasteiger partial charge in [0.1, 0.15) is 0 Å². The molecule has 1 aromatic carbocycles. The molecular formula is C15H22N2O2. The van der Waals surface area contributed by atoms with Crippen molar-refractivity contribution < 1.29 is 9.90 Å². The Morgan fingerprint density at radius 1 is 1.26 bits per heavy atom. The van der Waals surface area contributed by atoms with Crippen molar-refractivity contribution in [3.63, 3.8) is 0 Å². The fourth-order valence-electron chi connectivity index (χ4n) is 2.74. The molecule has 1 aliphatic heterocycles. The van der Waals surface area contributed by atoms with Gasteiger partial charge in [-0.2, -0.15) is 0 Å². The summed E-state index contributed by atoms with van der Waals surface area (Å²) in [6, 6.07) is 7.78. The fourth-order valence-corrected chi connectivity index (χ4v) is 2.74. The zero-order valence-electron chi connectivity index (χ0n) is 11.2. The number of likely N-dealkylation sites (tertiary alicyclic amines) is 1. The lowest BCUT2D eigenvalue weighted by atomic mass is 9.93. The summed E-state index contributed by atoms with van der Waals surface area (Å²) in [5.41, 5.74) is 7.58. The van der Waals surface area contributed by atoms with E-state index in [-0.39, 0.29) is 6.54 Å². The summed E-state index contributed by atoms with van der Waals surface area (Å²) >= 11 is 0. The van der Waals surface area contributed by atoms with E-state index in [4.69, 9.17) is 5.73 Å². The van der Waals surface area contributed by atoms with Crippen LogP contribution in [0, 0.1) is 0 Å². The van der Waals surface area contributed by atoms with Gasteiger partial charge in [0.05, 0.1) is 5.92 Å². The van der Waals surface area contributed by atoms with Gasteiger partial charge in [0.25, 0.3) is 0 Å². The summed E-state index contributed by atoms with van der Waals surface area (Å²) in [4.78, 5) is 13.7. The minimum Gasteiger partial charge on any atom is -0.481 e. The molecule has 0 aliphatic carbocycles. The van der Waals surface area contributed by atoms with Crippen molar-refractivity contribution in [2.75, 3.05) is 19.6 Å². The monoisotopic (exact) mass is 262 g/mol. The van der Waals surface area contributed by atoms with Crippen LogP contribution in [0.2, 0.25) is 0 Å². The third-order valence-electron chi connectivity index (χ3n) is 3.81. The number of carbonyl (C=O) groups is 1. The van der Waals surface area contributed by atoms with E-state index >= 15 is 0 Å². The van der Waals surface area contributed by atoms with Gasteiger partial charge >= 0.3 is 5.97 Å². The van der Waals surface area contributed by atoms with Crippen molar-refractivity contribution in [1.82, 2.24) is 4.90 Å². The van der Waals surface area contributed by atoms with Gasteiger partial charge in [-0.3, -0.25) is 9.69 Å². The third-order valence-corrected chi connectivity index (χ3v) is 3.81. The predicted octanol–water partition coefficient (Wildman–Crippen LogP) is 1.80. The molecular weight excluding hydrogens is 240 g/mol. The fraction of sp³-hybridized carbons (Fsp3) is 0.533. The average Bonchev–Trinajstić information content (AvgIpc) is 2.42. The molecule has 4 heteroatoms. The molecule has 1 unspecified atom stereocenters. The first-order valence-corrected chi connectivity index (χ1v) is 6.95. The number of benzene rings is 1. The van der Waals surface area contributed by atoms with Crippen molar-refractivity contribution in [2.45, 2.75) is 31.7 Å².